The Labute approximate surface area is 265 Å². The molecule has 9 nitrogen and oxygen atoms in total. The number of nitriles is 1. The summed E-state index contributed by atoms with van der Waals surface area (Å²) in [5.74, 6) is -3.95. The Bertz CT molecular complexity index is 1480. The normalized spacial score (nSPS) is 26.2. The Kier molecular flexibility index (Phi) is 10.5. The third kappa shape index (κ3) is 7.12. The molecule has 1 amide bonds. The fraction of sp³-hybridized carbons (Fsp3) is 0.548. The number of nitrogens with one attached hydrogen (secondary N) is 2. The van der Waals surface area contributed by atoms with Gasteiger partial charge in [0.05, 0.1) is 29.8 Å². The van der Waals surface area contributed by atoms with Crippen LogP contribution in [0.1, 0.15) is 64.0 Å². The Morgan fingerprint density at radius 2 is 2.05 bits per heavy atom. The first-order valence-corrected chi connectivity index (χ1v) is 15.2. The lowest BCUT2D eigenvalue weighted by molar-refractivity contribution is -0.138. The summed E-state index contributed by atoms with van der Waals surface area (Å²) in [5, 5.41) is 20.8. The molecule has 2 heterocycles. The summed E-state index contributed by atoms with van der Waals surface area (Å²) in [6, 6.07) is 8.70. The molecule has 0 aliphatic carbocycles. The molecule has 13 heteroatoms. The number of hydrogen-bond donors (Lipinski definition) is 2. The number of benzene rings is 2. The highest BCUT2D eigenvalue weighted by Gasteiger charge is 2.61. The second-order valence-electron chi connectivity index (χ2n) is 12.5. The van der Waals surface area contributed by atoms with Crippen LogP contribution >= 0.6 is 23.2 Å². The summed E-state index contributed by atoms with van der Waals surface area (Å²) in [5.41, 5.74) is 6.46. The van der Waals surface area contributed by atoms with E-state index in [9.17, 15) is 10.1 Å². The molecule has 5 atom stereocenters. The molecule has 236 valence electrons. The van der Waals surface area contributed by atoms with Crippen molar-refractivity contribution >= 4 is 29.1 Å². The lowest BCUT2D eigenvalue weighted by Gasteiger charge is -2.38. The van der Waals surface area contributed by atoms with E-state index in [-0.39, 0.29) is 46.8 Å². The maximum absolute atomic E-state index is 15.9. The molecule has 2 aromatic rings. The van der Waals surface area contributed by atoms with Gasteiger partial charge in [0.15, 0.2) is 5.79 Å². The molecule has 0 bridgehead atoms. The van der Waals surface area contributed by atoms with Gasteiger partial charge in [-0.15, -0.1) is 0 Å². The van der Waals surface area contributed by atoms with Crippen LogP contribution in [0.15, 0.2) is 41.5 Å². The molecule has 0 radical (unpaired) electrons. The Morgan fingerprint density at radius 3 is 2.68 bits per heavy atom. The summed E-state index contributed by atoms with van der Waals surface area (Å²) in [7, 11) is 0. The number of rotatable bonds is 11. The van der Waals surface area contributed by atoms with Crippen molar-refractivity contribution in [1.82, 2.24) is 10.6 Å². The molecule has 2 fully saturated rings. The SMILES string of the molecule is CC(C)(CCN=[N+]=[N-])CC1NC(C(=O)NCC[C@H]2COC(C)(C)O2)C(c2cccc(Cl)c2F)C1(C#N)c1ccc(Cl)cc1F. The van der Waals surface area contributed by atoms with Crippen molar-refractivity contribution in [2.75, 3.05) is 19.7 Å². The van der Waals surface area contributed by atoms with E-state index in [2.05, 4.69) is 26.7 Å². The van der Waals surface area contributed by atoms with Crippen LogP contribution in [-0.4, -0.2) is 49.6 Å². The zero-order chi connectivity index (χ0) is 32.3. The maximum Gasteiger partial charge on any atom is 0.237 e. The number of carbonyl (C=O) groups excluding carboxylic acids is 1. The Morgan fingerprint density at radius 1 is 1.30 bits per heavy atom. The van der Waals surface area contributed by atoms with Crippen molar-refractivity contribution in [2.45, 2.75) is 82.3 Å². The second kappa shape index (κ2) is 13.6. The number of azide groups is 1. The first-order valence-electron chi connectivity index (χ1n) is 14.4. The lowest BCUT2D eigenvalue weighted by Crippen LogP contribution is -2.46. The van der Waals surface area contributed by atoms with E-state index >= 15 is 8.78 Å². The number of hydrogen-bond acceptors (Lipinski definition) is 6. The van der Waals surface area contributed by atoms with E-state index in [1.807, 2.05) is 27.7 Å². The van der Waals surface area contributed by atoms with Crippen LogP contribution in [0.3, 0.4) is 0 Å². The van der Waals surface area contributed by atoms with Crippen molar-refractivity contribution in [3.8, 4) is 6.07 Å². The van der Waals surface area contributed by atoms with Gasteiger partial charge in [-0.1, -0.05) is 60.4 Å². The number of carbonyl (C=O) groups is 1. The molecule has 2 saturated heterocycles. The standard InChI is InChI=1S/C31H36Cl2F2N6O3/c1-29(2,11-13-39-41-37)15-24-31(17-36,21-9-8-18(32)14-23(21)34)25(20-6-5-7-22(33)26(20)35)27(40-24)28(42)38-12-10-19-16-43-30(3,4)44-19/h5-9,14,19,24-25,27,40H,10-13,15-16H2,1-4H3,(H,38,42)/t19-,24?,25?,27?,31?/m0/s1. The molecule has 2 aliphatic heterocycles. The molecular formula is C31H36Cl2F2N6O3. The van der Waals surface area contributed by atoms with Crippen LogP contribution in [-0.2, 0) is 19.7 Å². The molecule has 2 aliphatic rings. The van der Waals surface area contributed by atoms with Crippen LogP contribution in [0.25, 0.3) is 10.4 Å². The molecule has 0 aromatic heterocycles. The van der Waals surface area contributed by atoms with Crippen molar-refractivity contribution in [3.63, 3.8) is 0 Å². The summed E-state index contributed by atoms with van der Waals surface area (Å²) in [6.07, 6.45) is 0.943. The van der Waals surface area contributed by atoms with Crippen LogP contribution in [0.2, 0.25) is 10.0 Å². The Hall–Kier alpha value is -2.97. The smallest absolute Gasteiger partial charge is 0.237 e. The minimum Gasteiger partial charge on any atom is -0.355 e. The molecule has 4 rings (SSSR count). The van der Waals surface area contributed by atoms with Crippen molar-refractivity contribution in [3.05, 3.63) is 79.6 Å². The van der Waals surface area contributed by atoms with Gasteiger partial charge in [0.1, 0.15) is 17.0 Å². The number of halogens is 4. The fourth-order valence-electron chi connectivity index (χ4n) is 6.37. The molecule has 0 spiro atoms. The van der Waals surface area contributed by atoms with Gasteiger partial charge < -0.3 is 20.1 Å². The summed E-state index contributed by atoms with van der Waals surface area (Å²) < 4.78 is 43.2. The van der Waals surface area contributed by atoms with E-state index < -0.39 is 52.2 Å². The number of nitrogens with zero attached hydrogens (tertiary/aromatic N) is 4. The lowest BCUT2D eigenvalue weighted by atomic mass is 9.62. The van der Waals surface area contributed by atoms with E-state index in [1.54, 1.807) is 0 Å². The minimum absolute atomic E-state index is 0.00436. The fourth-order valence-corrected chi connectivity index (χ4v) is 6.71. The van der Waals surface area contributed by atoms with Gasteiger partial charge >= 0.3 is 0 Å². The highest BCUT2D eigenvalue weighted by molar-refractivity contribution is 6.31. The largest absolute Gasteiger partial charge is 0.355 e. The summed E-state index contributed by atoms with van der Waals surface area (Å²) in [6.45, 7) is 8.27. The van der Waals surface area contributed by atoms with Gasteiger partial charge in [0, 0.05) is 40.5 Å². The first-order chi connectivity index (χ1) is 20.7. The topological polar surface area (TPSA) is 132 Å². The van der Waals surface area contributed by atoms with Gasteiger partial charge in [-0.3, -0.25) is 4.79 Å². The molecular weight excluding hydrogens is 613 g/mol. The monoisotopic (exact) mass is 648 g/mol. The average molecular weight is 650 g/mol. The average Bonchev–Trinajstić information content (AvgIpc) is 3.46. The number of amides is 1. The van der Waals surface area contributed by atoms with Gasteiger partial charge in [-0.2, -0.15) is 5.26 Å². The summed E-state index contributed by atoms with van der Waals surface area (Å²) >= 11 is 12.3. The maximum atomic E-state index is 15.9. The van der Waals surface area contributed by atoms with Crippen LogP contribution in [0.5, 0.6) is 0 Å². The molecule has 2 aromatic carbocycles. The molecule has 2 N–H and O–H groups in total. The molecule has 44 heavy (non-hydrogen) atoms. The van der Waals surface area contributed by atoms with E-state index in [0.717, 1.165) is 6.07 Å². The zero-order valence-corrected chi connectivity index (χ0v) is 26.6. The Balaban J connectivity index is 1.80. The van der Waals surface area contributed by atoms with Crippen molar-refractivity contribution < 1.29 is 23.0 Å². The van der Waals surface area contributed by atoms with Crippen LogP contribution < -0.4 is 10.6 Å². The highest BCUT2D eigenvalue weighted by atomic mass is 35.5. The highest BCUT2D eigenvalue weighted by Crippen LogP contribution is 2.53. The van der Waals surface area contributed by atoms with Crippen LogP contribution in [0, 0.1) is 28.4 Å². The third-order valence-electron chi connectivity index (χ3n) is 8.46. The predicted molar refractivity (Wildman–Crippen MR) is 163 cm³/mol. The van der Waals surface area contributed by atoms with Crippen molar-refractivity contribution in [1.29, 1.82) is 5.26 Å². The van der Waals surface area contributed by atoms with Gasteiger partial charge in [0.2, 0.25) is 5.91 Å². The zero-order valence-electron chi connectivity index (χ0n) is 25.0. The van der Waals surface area contributed by atoms with E-state index in [1.165, 1.54) is 30.3 Å². The number of ether oxygens (including phenoxy) is 2. The predicted octanol–water partition coefficient (Wildman–Crippen LogP) is 6.93. The molecule has 4 unspecified atom stereocenters. The van der Waals surface area contributed by atoms with Gasteiger partial charge in [-0.05, 0) is 67.8 Å². The molecule has 0 saturated carbocycles. The third-order valence-corrected chi connectivity index (χ3v) is 8.98. The second-order valence-corrected chi connectivity index (χ2v) is 13.4. The minimum atomic E-state index is -1.77. The van der Waals surface area contributed by atoms with Crippen LogP contribution in [0.4, 0.5) is 8.78 Å². The van der Waals surface area contributed by atoms with Gasteiger partial charge in [-0.25, -0.2) is 8.78 Å². The summed E-state index contributed by atoms with van der Waals surface area (Å²) in [4.78, 5) is 16.8. The van der Waals surface area contributed by atoms with E-state index in [4.69, 9.17) is 38.2 Å². The van der Waals surface area contributed by atoms with Crippen molar-refractivity contribution in [2.24, 2.45) is 10.5 Å². The van der Waals surface area contributed by atoms with Gasteiger partial charge in [0.25, 0.3) is 0 Å². The first kappa shape index (κ1) is 33.9. The quantitative estimate of drug-likeness (QED) is 0.155. The van der Waals surface area contributed by atoms with E-state index in [0.29, 0.717) is 19.4 Å².